The van der Waals surface area contributed by atoms with Gasteiger partial charge in [0, 0.05) is 25.5 Å². The van der Waals surface area contributed by atoms with Gasteiger partial charge in [0.1, 0.15) is 0 Å². The number of likely N-dealkylation sites (N-methyl/N-ethyl adjacent to an activating group) is 1. The van der Waals surface area contributed by atoms with Gasteiger partial charge in [-0.15, -0.1) is 0 Å². The van der Waals surface area contributed by atoms with E-state index in [1.165, 1.54) is 0 Å². The Kier molecular flexibility index (Phi) is 5.32. The van der Waals surface area contributed by atoms with Crippen molar-refractivity contribution in [1.29, 1.82) is 0 Å². The molecule has 0 unspecified atom stereocenters. The molecule has 5 nitrogen and oxygen atoms in total. The van der Waals surface area contributed by atoms with Crippen LogP contribution in [0.2, 0.25) is 0 Å². The summed E-state index contributed by atoms with van der Waals surface area (Å²) in [5.74, 6) is 0.0507. The Morgan fingerprint density at radius 2 is 2.05 bits per heavy atom. The van der Waals surface area contributed by atoms with Gasteiger partial charge in [0.15, 0.2) is 0 Å². The molecule has 0 atom stereocenters. The molecule has 0 aliphatic rings. The lowest BCUT2D eigenvalue weighted by molar-refractivity contribution is -0.120. The van der Waals surface area contributed by atoms with E-state index in [1.807, 2.05) is 43.5 Å². The van der Waals surface area contributed by atoms with Crippen LogP contribution in [0.1, 0.15) is 12.5 Å². The van der Waals surface area contributed by atoms with Gasteiger partial charge in [0.05, 0.1) is 12.1 Å². The van der Waals surface area contributed by atoms with Crippen molar-refractivity contribution < 1.29 is 4.79 Å². The fraction of sp³-hybridized carbons (Fsp3) is 0.333. The maximum absolute atomic E-state index is 11.7. The lowest BCUT2D eigenvalue weighted by Crippen LogP contribution is -2.32. The summed E-state index contributed by atoms with van der Waals surface area (Å²) in [7, 11) is 0. The Balaban J connectivity index is 1.83. The van der Waals surface area contributed by atoms with Crippen molar-refractivity contribution in [2.75, 3.05) is 19.6 Å². The molecular weight excluding hydrogens is 252 g/mol. The maximum atomic E-state index is 11.7. The van der Waals surface area contributed by atoms with Crippen LogP contribution in [0.15, 0.2) is 42.7 Å². The van der Waals surface area contributed by atoms with E-state index in [-0.39, 0.29) is 5.91 Å². The molecule has 1 aromatic carbocycles. The monoisotopic (exact) mass is 272 g/mol. The van der Waals surface area contributed by atoms with Crippen molar-refractivity contribution in [1.82, 2.24) is 20.4 Å². The van der Waals surface area contributed by atoms with Gasteiger partial charge in [0.2, 0.25) is 5.91 Å². The molecule has 0 radical (unpaired) electrons. The zero-order valence-electron chi connectivity index (χ0n) is 11.7. The first-order chi connectivity index (χ1) is 9.79. The highest BCUT2D eigenvalue weighted by atomic mass is 16.1. The molecule has 5 heteroatoms. The molecule has 0 saturated heterocycles. The number of aromatic nitrogens is 2. The highest BCUT2D eigenvalue weighted by Gasteiger charge is 2.03. The fourth-order valence-corrected chi connectivity index (χ4v) is 1.90. The first kappa shape index (κ1) is 14.3. The van der Waals surface area contributed by atoms with E-state index in [4.69, 9.17) is 0 Å². The SMILES string of the molecule is CCNCCNC(=O)Cc1ccc(-n2cccn2)cc1. The number of hydrogen-bond acceptors (Lipinski definition) is 3. The van der Waals surface area contributed by atoms with E-state index in [1.54, 1.807) is 10.9 Å². The molecule has 0 spiro atoms. The Labute approximate surface area is 119 Å². The standard InChI is InChI=1S/C15H20N4O/c1-2-16-9-10-17-15(20)12-13-4-6-14(7-5-13)19-11-3-8-18-19/h3-8,11,16H,2,9-10,12H2,1H3,(H,17,20). The Bertz CT molecular complexity index is 519. The van der Waals surface area contributed by atoms with Crippen molar-refractivity contribution in [3.63, 3.8) is 0 Å². The Morgan fingerprint density at radius 1 is 1.25 bits per heavy atom. The fourth-order valence-electron chi connectivity index (χ4n) is 1.90. The summed E-state index contributed by atoms with van der Waals surface area (Å²) in [5, 5.41) is 10.2. The molecule has 1 amide bonds. The third kappa shape index (κ3) is 4.20. The number of nitrogens with one attached hydrogen (secondary N) is 2. The van der Waals surface area contributed by atoms with Gasteiger partial charge in [-0.2, -0.15) is 5.10 Å². The van der Waals surface area contributed by atoms with Crippen LogP contribution in [-0.4, -0.2) is 35.3 Å². The second kappa shape index (κ2) is 7.45. The van der Waals surface area contributed by atoms with E-state index >= 15 is 0 Å². The van der Waals surface area contributed by atoms with Crippen LogP contribution in [0.25, 0.3) is 5.69 Å². The average molecular weight is 272 g/mol. The van der Waals surface area contributed by atoms with Crippen LogP contribution in [-0.2, 0) is 11.2 Å². The Hall–Kier alpha value is -2.14. The first-order valence-electron chi connectivity index (χ1n) is 6.86. The van der Waals surface area contributed by atoms with Gasteiger partial charge in [-0.1, -0.05) is 19.1 Å². The van der Waals surface area contributed by atoms with Gasteiger partial charge < -0.3 is 10.6 Å². The molecule has 20 heavy (non-hydrogen) atoms. The third-order valence-electron chi connectivity index (χ3n) is 2.94. The number of carbonyl (C=O) groups excluding carboxylic acids is 1. The van der Waals surface area contributed by atoms with Crippen LogP contribution in [0, 0.1) is 0 Å². The minimum absolute atomic E-state index is 0.0507. The van der Waals surface area contributed by atoms with E-state index in [9.17, 15) is 4.79 Å². The molecule has 106 valence electrons. The largest absolute Gasteiger partial charge is 0.355 e. The first-order valence-corrected chi connectivity index (χ1v) is 6.86. The smallest absolute Gasteiger partial charge is 0.224 e. The van der Waals surface area contributed by atoms with Gasteiger partial charge >= 0.3 is 0 Å². The number of carbonyl (C=O) groups is 1. The van der Waals surface area contributed by atoms with Crippen molar-refractivity contribution in [2.45, 2.75) is 13.3 Å². The van der Waals surface area contributed by atoms with Gasteiger partial charge in [0.25, 0.3) is 0 Å². The average Bonchev–Trinajstić information content (AvgIpc) is 2.99. The van der Waals surface area contributed by atoms with Crippen molar-refractivity contribution in [3.8, 4) is 5.69 Å². The molecule has 2 rings (SSSR count). The number of hydrogen-bond donors (Lipinski definition) is 2. The third-order valence-corrected chi connectivity index (χ3v) is 2.94. The quantitative estimate of drug-likeness (QED) is 0.743. The van der Waals surface area contributed by atoms with Gasteiger partial charge in [-0.05, 0) is 30.3 Å². The lowest BCUT2D eigenvalue weighted by atomic mass is 10.1. The summed E-state index contributed by atoms with van der Waals surface area (Å²) in [6.45, 7) is 4.44. The van der Waals surface area contributed by atoms with E-state index in [2.05, 4.69) is 15.7 Å². The van der Waals surface area contributed by atoms with Gasteiger partial charge in [-0.3, -0.25) is 4.79 Å². The molecule has 2 aromatic rings. The topological polar surface area (TPSA) is 58.9 Å². The summed E-state index contributed by atoms with van der Waals surface area (Å²) in [6, 6.07) is 9.73. The molecule has 1 aromatic heterocycles. The number of benzene rings is 1. The summed E-state index contributed by atoms with van der Waals surface area (Å²) in [5.41, 5.74) is 1.99. The molecule has 0 aliphatic heterocycles. The predicted octanol–water partition coefficient (Wildman–Crippen LogP) is 1.14. The molecule has 0 bridgehead atoms. The normalized spacial score (nSPS) is 10.4. The van der Waals surface area contributed by atoms with Crippen molar-refractivity contribution >= 4 is 5.91 Å². The van der Waals surface area contributed by atoms with Crippen LogP contribution in [0.3, 0.4) is 0 Å². The van der Waals surface area contributed by atoms with E-state index in [0.717, 1.165) is 24.3 Å². The predicted molar refractivity (Wildman–Crippen MR) is 78.8 cm³/mol. The van der Waals surface area contributed by atoms with Crippen molar-refractivity contribution in [3.05, 3.63) is 48.3 Å². The zero-order chi connectivity index (χ0) is 14.2. The minimum atomic E-state index is 0.0507. The van der Waals surface area contributed by atoms with Gasteiger partial charge in [-0.25, -0.2) is 4.68 Å². The van der Waals surface area contributed by atoms with Crippen LogP contribution in [0.5, 0.6) is 0 Å². The van der Waals surface area contributed by atoms with Crippen LogP contribution < -0.4 is 10.6 Å². The lowest BCUT2D eigenvalue weighted by Gasteiger charge is -2.06. The molecule has 0 saturated carbocycles. The summed E-state index contributed by atoms with van der Waals surface area (Å²) in [6.07, 6.45) is 4.04. The number of nitrogens with zero attached hydrogens (tertiary/aromatic N) is 2. The highest BCUT2D eigenvalue weighted by Crippen LogP contribution is 2.08. The van der Waals surface area contributed by atoms with E-state index < -0.39 is 0 Å². The second-order valence-corrected chi connectivity index (χ2v) is 4.50. The molecule has 0 aliphatic carbocycles. The summed E-state index contributed by atoms with van der Waals surface area (Å²) >= 11 is 0. The molecule has 0 fully saturated rings. The summed E-state index contributed by atoms with van der Waals surface area (Å²) in [4.78, 5) is 11.7. The molecule has 2 N–H and O–H groups in total. The molecular formula is C15H20N4O. The van der Waals surface area contributed by atoms with Crippen LogP contribution >= 0.6 is 0 Å². The minimum Gasteiger partial charge on any atom is -0.355 e. The highest BCUT2D eigenvalue weighted by molar-refractivity contribution is 5.78. The molecule has 1 heterocycles. The zero-order valence-corrected chi connectivity index (χ0v) is 11.7. The second-order valence-electron chi connectivity index (χ2n) is 4.50. The van der Waals surface area contributed by atoms with Crippen LogP contribution in [0.4, 0.5) is 0 Å². The maximum Gasteiger partial charge on any atom is 0.224 e. The summed E-state index contributed by atoms with van der Waals surface area (Å²) < 4.78 is 1.79. The number of amides is 1. The number of rotatable bonds is 7. The van der Waals surface area contributed by atoms with Crippen molar-refractivity contribution in [2.24, 2.45) is 0 Å². The van der Waals surface area contributed by atoms with E-state index in [0.29, 0.717) is 13.0 Å². The Morgan fingerprint density at radius 3 is 2.70 bits per heavy atom.